The lowest BCUT2D eigenvalue weighted by atomic mass is 10.1. The van der Waals surface area contributed by atoms with Crippen LogP contribution in [0.1, 0.15) is 27.0 Å². The predicted molar refractivity (Wildman–Crippen MR) is 104 cm³/mol. The first-order valence-corrected chi connectivity index (χ1v) is 10.4. The molecule has 1 atom stereocenters. The second-order valence-electron chi connectivity index (χ2n) is 6.13. The Bertz CT molecular complexity index is 877. The van der Waals surface area contributed by atoms with Crippen LogP contribution < -0.4 is 0 Å². The summed E-state index contributed by atoms with van der Waals surface area (Å²) in [7, 11) is 0. The largest absolute Gasteiger partial charge is 0.336 e. The van der Waals surface area contributed by atoms with Gasteiger partial charge in [-0.25, -0.2) is 4.39 Å². The van der Waals surface area contributed by atoms with E-state index in [4.69, 9.17) is 0 Å². The minimum absolute atomic E-state index is 0.0294. The van der Waals surface area contributed by atoms with E-state index in [1.165, 1.54) is 17.0 Å². The summed E-state index contributed by atoms with van der Waals surface area (Å²) in [6.07, 6.45) is 0.954. The number of nitrogens with zero attached hydrogens (tertiary/aromatic N) is 2. The zero-order chi connectivity index (χ0) is 17.9. The van der Waals surface area contributed by atoms with E-state index in [1.54, 1.807) is 29.5 Å². The molecule has 134 valence electrons. The van der Waals surface area contributed by atoms with Crippen molar-refractivity contribution in [2.24, 2.45) is 0 Å². The van der Waals surface area contributed by atoms with Gasteiger partial charge in [-0.2, -0.15) is 16.9 Å². The number of hydrogen-bond donors (Lipinski definition) is 1. The van der Waals surface area contributed by atoms with Crippen LogP contribution in [0.25, 0.3) is 11.3 Å². The predicted octanol–water partition coefficient (Wildman–Crippen LogP) is 4.60. The summed E-state index contributed by atoms with van der Waals surface area (Å²) < 4.78 is 13.1. The molecule has 0 bridgehead atoms. The Labute approximate surface area is 159 Å². The van der Waals surface area contributed by atoms with Crippen molar-refractivity contribution in [3.05, 3.63) is 64.2 Å². The van der Waals surface area contributed by atoms with Gasteiger partial charge in [-0.3, -0.25) is 9.89 Å². The van der Waals surface area contributed by atoms with Crippen molar-refractivity contribution in [3.63, 3.8) is 0 Å². The lowest BCUT2D eigenvalue weighted by molar-refractivity contribution is 0.0760. The second-order valence-corrected chi connectivity index (χ2v) is 8.42. The van der Waals surface area contributed by atoms with Crippen molar-refractivity contribution in [1.29, 1.82) is 0 Å². The lowest BCUT2D eigenvalue weighted by Crippen LogP contribution is -2.33. The highest BCUT2D eigenvalue weighted by atomic mass is 32.2. The van der Waals surface area contributed by atoms with Gasteiger partial charge in [0.2, 0.25) is 0 Å². The molecule has 1 saturated heterocycles. The second kappa shape index (κ2) is 7.63. The first-order chi connectivity index (χ1) is 12.7. The summed E-state index contributed by atoms with van der Waals surface area (Å²) in [5.41, 5.74) is 1.91. The monoisotopic (exact) mass is 387 g/mol. The number of thiophene rings is 1. The highest BCUT2D eigenvalue weighted by Gasteiger charge is 2.24. The van der Waals surface area contributed by atoms with E-state index < -0.39 is 0 Å². The average Bonchev–Trinajstić information content (AvgIpc) is 3.30. The number of nitrogens with one attached hydrogen (secondary N) is 1. The molecule has 1 aromatic carbocycles. The van der Waals surface area contributed by atoms with E-state index in [1.807, 2.05) is 16.7 Å². The molecule has 1 fully saturated rings. The zero-order valence-corrected chi connectivity index (χ0v) is 15.7. The van der Waals surface area contributed by atoms with E-state index in [2.05, 4.69) is 27.7 Å². The summed E-state index contributed by atoms with van der Waals surface area (Å²) in [5, 5.41) is 9.61. The van der Waals surface area contributed by atoms with Crippen LogP contribution in [0.15, 0.2) is 47.8 Å². The molecule has 1 aliphatic rings. The van der Waals surface area contributed by atoms with E-state index >= 15 is 0 Å². The van der Waals surface area contributed by atoms with E-state index in [0.29, 0.717) is 16.6 Å². The Hall–Kier alpha value is -2.12. The smallest absolute Gasteiger partial charge is 0.271 e. The highest BCUT2D eigenvalue weighted by Crippen LogP contribution is 2.36. The third kappa shape index (κ3) is 3.68. The molecule has 4 nitrogen and oxygen atoms in total. The summed E-state index contributed by atoms with van der Waals surface area (Å²) in [6, 6.07) is 12.1. The number of benzene rings is 1. The first-order valence-electron chi connectivity index (χ1n) is 8.46. The number of carbonyl (C=O) groups excluding carboxylic acids is 1. The molecule has 0 saturated carbocycles. The third-order valence-electron chi connectivity index (χ3n) is 4.44. The SMILES string of the molecule is O=C(c1cc(-c2ccc(F)cc2)n[nH]1)N1CCSC(c2cccs2)CC1. The number of hydrogen-bond acceptors (Lipinski definition) is 4. The molecule has 3 aromatic rings. The topological polar surface area (TPSA) is 49.0 Å². The van der Waals surface area contributed by atoms with Gasteiger partial charge in [-0.1, -0.05) is 6.07 Å². The Morgan fingerprint density at radius 2 is 2.08 bits per heavy atom. The number of amides is 1. The third-order valence-corrected chi connectivity index (χ3v) is 6.88. The maximum absolute atomic E-state index is 13.1. The van der Waals surface area contributed by atoms with Crippen LogP contribution in [0.5, 0.6) is 0 Å². The fraction of sp³-hybridized carbons (Fsp3) is 0.263. The molecule has 1 amide bonds. The molecule has 2 aromatic heterocycles. The van der Waals surface area contributed by atoms with Crippen molar-refractivity contribution < 1.29 is 9.18 Å². The van der Waals surface area contributed by atoms with Crippen molar-refractivity contribution >= 4 is 29.0 Å². The van der Waals surface area contributed by atoms with Crippen LogP contribution in [-0.2, 0) is 0 Å². The van der Waals surface area contributed by atoms with Gasteiger partial charge in [-0.05, 0) is 48.2 Å². The number of aromatic amines is 1. The summed E-state index contributed by atoms with van der Waals surface area (Å²) in [6.45, 7) is 1.47. The minimum Gasteiger partial charge on any atom is -0.336 e. The van der Waals surface area contributed by atoms with Gasteiger partial charge in [0, 0.05) is 34.5 Å². The normalized spacial score (nSPS) is 17.9. The molecule has 3 heterocycles. The minimum atomic E-state index is -0.289. The summed E-state index contributed by atoms with van der Waals surface area (Å²) >= 11 is 3.70. The van der Waals surface area contributed by atoms with Crippen LogP contribution in [-0.4, -0.2) is 39.8 Å². The Balaban J connectivity index is 1.45. The van der Waals surface area contributed by atoms with Crippen LogP contribution in [0.4, 0.5) is 4.39 Å². The summed E-state index contributed by atoms with van der Waals surface area (Å²) in [5.74, 6) is 0.606. The van der Waals surface area contributed by atoms with E-state index in [9.17, 15) is 9.18 Å². The summed E-state index contributed by atoms with van der Waals surface area (Å²) in [4.78, 5) is 16.1. The number of rotatable bonds is 3. The van der Waals surface area contributed by atoms with Gasteiger partial charge < -0.3 is 4.90 Å². The number of thioether (sulfide) groups is 1. The van der Waals surface area contributed by atoms with Crippen molar-refractivity contribution in [2.45, 2.75) is 11.7 Å². The fourth-order valence-corrected chi connectivity index (χ4v) is 5.28. The fourth-order valence-electron chi connectivity index (χ4n) is 3.05. The number of H-pyrrole nitrogens is 1. The van der Waals surface area contributed by atoms with Crippen molar-refractivity contribution in [2.75, 3.05) is 18.8 Å². The maximum atomic E-state index is 13.1. The molecule has 4 rings (SSSR count). The molecular weight excluding hydrogens is 369 g/mol. The standard InChI is InChI=1S/C19H18FN3OS2/c20-14-5-3-13(4-6-14)15-12-16(22-21-15)19(24)23-8-7-18(26-11-9-23)17-2-1-10-25-17/h1-6,10,12,18H,7-9,11H2,(H,21,22). The zero-order valence-electron chi connectivity index (χ0n) is 14.0. The van der Waals surface area contributed by atoms with Crippen molar-refractivity contribution in [1.82, 2.24) is 15.1 Å². The van der Waals surface area contributed by atoms with Gasteiger partial charge in [-0.15, -0.1) is 11.3 Å². The van der Waals surface area contributed by atoms with Gasteiger partial charge in [0.15, 0.2) is 0 Å². The Morgan fingerprint density at radius 1 is 1.23 bits per heavy atom. The average molecular weight is 388 g/mol. The number of carbonyl (C=O) groups is 1. The van der Waals surface area contributed by atoms with E-state index in [-0.39, 0.29) is 11.7 Å². The molecule has 7 heteroatoms. The maximum Gasteiger partial charge on any atom is 0.271 e. The van der Waals surface area contributed by atoms with Crippen LogP contribution in [0, 0.1) is 5.82 Å². The van der Waals surface area contributed by atoms with Crippen LogP contribution >= 0.6 is 23.1 Å². The molecule has 26 heavy (non-hydrogen) atoms. The molecule has 1 N–H and O–H groups in total. The lowest BCUT2D eigenvalue weighted by Gasteiger charge is -2.19. The molecule has 0 aliphatic carbocycles. The van der Waals surface area contributed by atoms with Crippen LogP contribution in [0.2, 0.25) is 0 Å². The molecular formula is C19H18FN3OS2. The van der Waals surface area contributed by atoms with Gasteiger partial charge in [0.1, 0.15) is 11.5 Å². The van der Waals surface area contributed by atoms with Gasteiger partial charge >= 0.3 is 0 Å². The molecule has 1 unspecified atom stereocenters. The van der Waals surface area contributed by atoms with Gasteiger partial charge in [0.05, 0.1) is 5.69 Å². The van der Waals surface area contributed by atoms with E-state index in [0.717, 1.165) is 30.8 Å². The first kappa shape index (κ1) is 17.3. The van der Waals surface area contributed by atoms with Crippen molar-refractivity contribution in [3.8, 4) is 11.3 Å². The number of halogens is 1. The molecule has 0 radical (unpaired) electrons. The molecule has 0 spiro atoms. The Kier molecular flexibility index (Phi) is 5.08. The quantitative estimate of drug-likeness (QED) is 0.715. The molecule has 1 aliphatic heterocycles. The van der Waals surface area contributed by atoms with Gasteiger partial charge in [0.25, 0.3) is 5.91 Å². The van der Waals surface area contributed by atoms with Crippen LogP contribution in [0.3, 0.4) is 0 Å². The highest BCUT2D eigenvalue weighted by molar-refractivity contribution is 7.99. The Morgan fingerprint density at radius 3 is 2.85 bits per heavy atom. The number of aromatic nitrogens is 2.